The van der Waals surface area contributed by atoms with Gasteiger partial charge < -0.3 is 13.9 Å². The second-order valence-corrected chi connectivity index (χ2v) is 5.94. The fourth-order valence-corrected chi connectivity index (χ4v) is 2.79. The Morgan fingerprint density at radius 1 is 1.50 bits per heavy atom. The number of rotatable bonds is 7. The molecule has 118 valence electrons. The van der Waals surface area contributed by atoms with Crippen LogP contribution in [-0.2, 0) is 11.8 Å². The summed E-state index contributed by atoms with van der Waals surface area (Å²) in [7, 11) is 1.86. The molecule has 0 spiro atoms. The molecule has 2 aromatic rings. The van der Waals surface area contributed by atoms with Crippen molar-refractivity contribution in [3.05, 3.63) is 30.5 Å². The number of thioether (sulfide) groups is 1. The summed E-state index contributed by atoms with van der Waals surface area (Å²) in [6, 6.07) is 3.63. The minimum atomic E-state index is 0.0676. The van der Waals surface area contributed by atoms with E-state index >= 15 is 0 Å². The lowest BCUT2D eigenvalue weighted by atomic mass is 10.3. The number of hydrogen-bond donors (Lipinski definition) is 0. The minimum Gasteiger partial charge on any atom is -0.461 e. The van der Waals surface area contributed by atoms with Gasteiger partial charge in [-0.05, 0) is 26.0 Å². The lowest BCUT2D eigenvalue weighted by Crippen LogP contribution is -2.33. The molecule has 2 rings (SSSR count). The number of aromatic nitrogens is 3. The Morgan fingerprint density at radius 2 is 2.27 bits per heavy atom. The molecule has 6 nitrogen and oxygen atoms in total. The molecule has 2 heterocycles. The van der Waals surface area contributed by atoms with Crippen LogP contribution in [0.15, 0.2) is 40.1 Å². The van der Waals surface area contributed by atoms with Gasteiger partial charge in [0.15, 0.2) is 16.7 Å². The van der Waals surface area contributed by atoms with Crippen molar-refractivity contribution >= 4 is 17.7 Å². The molecular formula is C15H20N4O2S. The SMILES string of the molecule is C=C(C)CN(CC)C(=O)CSc1nnc(-c2ccco2)n1C. The van der Waals surface area contributed by atoms with Crippen LogP contribution in [0.1, 0.15) is 13.8 Å². The third kappa shape index (κ3) is 3.79. The van der Waals surface area contributed by atoms with Gasteiger partial charge in [-0.1, -0.05) is 23.9 Å². The number of carbonyl (C=O) groups is 1. The standard InChI is InChI=1S/C15H20N4O2S/c1-5-19(9-11(2)3)13(20)10-22-15-17-16-14(18(15)4)12-7-6-8-21-12/h6-8H,2,5,9-10H2,1,3-4H3. The molecule has 0 saturated carbocycles. The second kappa shape index (κ2) is 7.31. The summed E-state index contributed by atoms with van der Waals surface area (Å²) in [6.07, 6.45) is 1.59. The van der Waals surface area contributed by atoms with Gasteiger partial charge in [-0.2, -0.15) is 0 Å². The molecule has 0 aliphatic heterocycles. The third-order valence-electron chi connectivity index (χ3n) is 3.10. The maximum atomic E-state index is 12.2. The summed E-state index contributed by atoms with van der Waals surface area (Å²) >= 11 is 1.37. The molecule has 22 heavy (non-hydrogen) atoms. The smallest absolute Gasteiger partial charge is 0.233 e. The van der Waals surface area contributed by atoms with E-state index in [1.54, 1.807) is 17.2 Å². The Bertz CT molecular complexity index is 649. The number of furan rings is 1. The van der Waals surface area contributed by atoms with Crippen molar-refractivity contribution in [2.45, 2.75) is 19.0 Å². The molecule has 7 heteroatoms. The Labute approximate surface area is 134 Å². The Balaban J connectivity index is 2.00. The van der Waals surface area contributed by atoms with Crippen LogP contribution in [0.4, 0.5) is 0 Å². The molecule has 2 aromatic heterocycles. The van der Waals surface area contributed by atoms with E-state index in [-0.39, 0.29) is 5.91 Å². The molecule has 0 saturated heterocycles. The van der Waals surface area contributed by atoms with Crippen LogP contribution < -0.4 is 0 Å². The van der Waals surface area contributed by atoms with E-state index in [1.807, 2.05) is 31.5 Å². The quantitative estimate of drug-likeness (QED) is 0.579. The molecule has 0 atom stereocenters. The lowest BCUT2D eigenvalue weighted by molar-refractivity contribution is -0.127. The van der Waals surface area contributed by atoms with E-state index in [0.717, 1.165) is 5.57 Å². The highest BCUT2D eigenvalue weighted by Crippen LogP contribution is 2.23. The molecule has 0 N–H and O–H groups in total. The predicted molar refractivity (Wildman–Crippen MR) is 86.5 cm³/mol. The average molecular weight is 320 g/mol. The van der Waals surface area contributed by atoms with Gasteiger partial charge in [0.2, 0.25) is 5.91 Å². The first-order chi connectivity index (χ1) is 10.5. The molecule has 0 aliphatic carbocycles. The molecule has 0 aromatic carbocycles. The Hall–Kier alpha value is -2.02. The van der Waals surface area contributed by atoms with E-state index in [4.69, 9.17) is 4.42 Å². The first kappa shape index (κ1) is 16.4. The highest BCUT2D eigenvalue weighted by Gasteiger charge is 2.17. The molecule has 0 fully saturated rings. The van der Waals surface area contributed by atoms with Gasteiger partial charge in [0.1, 0.15) is 0 Å². The van der Waals surface area contributed by atoms with Gasteiger partial charge in [0.25, 0.3) is 0 Å². The number of nitrogens with zero attached hydrogens (tertiary/aromatic N) is 4. The zero-order chi connectivity index (χ0) is 16.1. The molecule has 0 radical (unpaired) electrons. The molecule has 0 aliphatic rings. The minimum absolute atomic E-state index is 0.0676. The van der Waals surface area contributed by atoms with E-state index in [0.29, 0.717) is 35.6 Å². The normalized spacial score (nSPS) is 10.7. The van der Waals surface area contributed by atoms with Crippen molar-refractivity contribution < 1.29 is 9.21 Å². The summed E-state index contributed by atoms with van der Waals surface area (Å²) in [4.78, 5) is 14.0. The van der Waals surface area contributed by atoms with Gasteiger partial charge in [0.05, 0.1) is 12.0 Å². The van der Waals surface area contributed by atoms with Crippen LogP contribution in [-0.4, -0.2) is 44.4 Å². The van der Waals surface area contributed by atoms with E-state index in [2.05, 4.69) is 16.8 Å². The topological polar surface area (TPSA) is 64.2 Å². The highest BCUT2D eigenvalue weighted by atomic mass is 32.2. The van der Waals surface area contributed by atoms with Crippen LogP contribution in [0, 0.1) is 0 Å². The highest BCUT2D eigenvalue weighted by molar-refractivity contribution is 7.99. The summed E-state index contributed by atoms with van der Waals surface area (Å²) in [5.74, 6) is 1.70. The largest absolute Gasteiger partial charge is 0.461 e. The van der Waals surface area contributed by atoms with Crippen LogP contribution >= 0.6 is 11.8 Å². The summed E-state index contributed by atoms with van der Waals surface area (Å²) in [5.41, 5.74) is 0.971. The van der Waals surface area contributed by atoms with E-state index in [9.17, 15) is 4.79 Å². The van der Waals surface area contributed by atoms with E-state index in [1.165, 1.54) is 11.8 Å². The monoisotopic (exact) mass is 320 g/mol. The molecule has 0 bridgehead atoms. The zero-order valence-electron chi connectivity index (χ0n) is 13.1. The predicted octanol–water partition coefficient (Wildman–Crippen LogP) is 2.59. The van der Waals surface area contributed by atoms with Crippen LogP contribution in [0.3, 0.4) is 0 Å². The Morgan fingerprint density at radius 3 is 2.86 bits per heavy atom. The van der Waals surface area contributed by atoms with Crippen molar-refractivity contribution in [2.75, 3.05) is 18.8 Å². The fourth-order valence-electron chi connectivity index (χ4n) is 1.98. The van der Waals surface area contributed by atoms with Crippen molar-refractivity contribution in [3.8, 4) is 11.6 Å². The van der Waals surface area contributed by atoms with Crippen LogP contribution in [0.5, 0.6) is 0 Å². The number of amides is 1. The Kier molecular flexibility index (Phi) is 5.43. The van der Waals surface area contributed by atoms with Crippen LogP contribution in [0.25, 0.3) is 11.6 Å². The summed E-state index contributed by atoms with van der Waals surface area (Å²) in [6.45, 7) is 8.99. The second-order valence-electron chi connectivity index (χ2n) is 5.00. The van der Waals surface area contributed by atoms with Crippen molar-refractivity contribution in [3.63, 3.8) is 0 Å². The number of hydrogen-bond acceptors (Lipinski definition) is 5. The summed E-state index contributed by atoms with van der Waals surface area (Å²) < 4.78 is 7.15. The lowest BCUT2D eigenvalue weighted by Gasteiger charge is -2.20. The summed E-state index contributed by atoms with van der Waals surface area (Å²) in [5, 5.41) is 8.91. The third-order valence-corrected chi connectivity index (χ3v) is 4.10. The fraction of sp³-hybridized carbons (Fsp3) is 0.400. The number of carbonyl (C=O) groups excluding carboxylic acids is 1. The maximum absolute atomic E-state index is 12.2. The van der Waals surface area contributed by atoms with Crippen LogP contribution in [0.2, 0.25) is 0 Å². The van der Waals surface area contributed by atoms with Crippen molar-refractivity contribution in [1.29, 1.82) is 0 Å². The average Bonchev–Trinajstić information content (AvgIpc) is 3.11. The molecule has 0 unspecified atom stereocenters. The van der Waals surface area contributed by atoms with Gasteiger partial charge in [-0.25, -0.2) is 0 Å². The van der Waals surface area contributed by atoms with Crippen molar-refractivity contribution in [1.82, 2.24) is 19.7 Å². The number of likely N-dealkylation sites (N-methyl/N-ethyl adjacent to an activating group) is 1. The first-order valence-corrected chi connectivity index (χ1v) is 7.99. The first-order valence-electron chi connectivity index (χ1n) is 7.01. The van der Waals surface area contributed by atoms with Gasteiger partial charge in [-0.15, -0.1) is 10.2 Å². The van der Waals surface area contributed by atoms with Gasteiger partial charge in [0, 0.05) is 20.1 Å². The van der Waals surface area contributed by atoms with E-state index < -0.39 is 0 Å². The maximum Gasteiger partial charge on any atom is 0.233 e. The van der Waals surface area contributed by atoms with Gasteiger partial charge in [-0.3, -0.25) is 4.79 Å². The van der Waals surface area contributed by atoms with Gasteiger partial charge >= 0.3 is 0 Å². The zero-order valence-corrected chi connectivity index (χ0v) is 13.9. The molecular weight excluding hydrogens is 300 g/mol. The molecule has 1 amide bonds. The van der Waals surface area contributed by atoms with Crippen molar-refractivity contribution in [2.24, 2.45) is 7.05 Å².